The smallest absolute Gasteiger partial charge is 0.227 e. The predicted molar refractivity (Wildman–Crippen MR) is 104 cm³/mol. The number of amides is 2. The van der Waals surface area contributed by atoms with E-state index >= 15 is 0 Å². The zero-order chi connectivity index (χ0) is 19.2. The second kappa shape index (κ2) is 8.89. The molecule has 0 bridgehead atoms. The summed E-state index contributed by atoms with van der Waals surface area (Å²) in [7, 11) is 1.80. The number of piperidine rings is 1. The number of hydrogen-bond donors (Lipinski definition) is 0. The van der Waals surface area contributed by atoms with Crippen LogP contribution in [0.1, 0.15) is 36.3 Å². The second-order valence-electron chi connectivity index (χ2n) is 7.37. The Morgan fingerprint density at radius 1 is 1.22 bits per heavy atom. The second-order valence-corrected chi connectivity index (χ2v) is 7.37. The average molecular weight is 368 g/mol. The van der Waals surface area contributed by atoms with Gasteiger partial charge in [0.25, 0.3) is 0 Å². The van der Waals surface area contributed by atoms with Gasteiger partial charge in [-0.15, -0.1) is 0 Å². The summed E-state index contributed by atoms with van der Waals surface area (Å²) in [5, 5.41) is 0. The lowest BCUT2D eigenvalue weighted by molar-refractivity contribution is -0.142. The fraction of sp³-hybridized carbons (Fsp3) is 0.455. The van der Waals surface area contributed by atoms with E-state index in [0.717, 1.165) is 24.4 Å². The lowest BCUT2D eigenvalue weighted by Crippen LogP contribution is -2.46. The number of likely N-dealkylation sites (tertiary alicyclic amines) is 1. The minimum Gasteiger partial charge on any atom is -0.464 e. The minimum absolute atomic E-state index is 0.0876. The van der Waals surface area contributed by atoms with Crippen molar-refractivity contribution in [1.82, 2.24) is 9.80 Å². The predicted octanol–water partition coefficient (Wildman–Crippen LogP) is 3.42. The van der Waals surface area contributed by atoms with Crippen LogP contribution in [0, 0.1) is 12.8 Å². The van der Waals surface area contributed by atoms with Crippen molar-refractivity contribution in [3.63, 3.8) is 0 Å². The topological polar surface area (TPSA) is 53.8 Å². The van der Waals surface area contributed by atoms with Gasteiger partial charge in [-0.1, -0.05) is 30.3 Å². The summed E-state index contributed by atoms with van der Waals surface area (Å²) in [6.45, 7) is 3.59. The van der Waals surface area contributed by atoms with Crippen molar-refractivity contribution >= 4 is 11.8 Å². The van der Waals surface area contributed by atoms with E-state index < -0.39 is 0 Å². The Morgan fingerprint density at radius 2 is 2.00 bits per heavy atom. The third kappa shape index (κ3) is 5.22. The first kappa shape index (κ1) is 19.2. The molecular formula is C22H28N2O3. The standard InChI is InChI=1S/C22H28N2O3/c1-17-10-12-20(27-17)16-23(2)22(26)19-11-13-21(25)24(15-19)14-6-9-18-7-4-3-5-8-18/h3-5,7-8,10,12,19H,6,9,11,13-16H2,1-2H3. The van der Waals surface area contributed by atoms with E-state index in [4.69, 9.17) is 4.42 Å². The molecule has 1 aliphatic rings. The molecule has 0 N–H and O–H groups in total. The maximum absolute atomic E-state index is 12.8. The number of aryl methyl sites for hydroxylation is 2. The fourth-order valence-electron chi connectivity index (χ4n) is 3.64. The first-order valence-electron chi connectivity index (χ1n) is 9.65. The molecule has 27 heavy (non-hydrogen) atoms. The normalized spacial score (nSPS) is 17.2. The van der Waals surface area contributed by atoms with E-state index in [9.17, 15) is 9.59 Å². The van der Waals surface area contributed by atoms with Crippen LogP contribution in [-0.2, 0) is 22.6 Å². The number of furan rings is 1. The largest absolute Gasteiger partial charge is 0.464 e. The summed E-state index contributed by atoms with van der Waals surface area (Å²) >= 11 is 0. The third-order valence-corrected chi connectivity index (χ3v) is 5.15. The summed E-state index contributed by atoms with van der Waals surface area (Å²) in [5.41, 5.74) is 1.28. The van der Waals surface area contributed by atoms with Crippen LogP contribution in [0.2, 0.25) is 0 Å². The van der Waals surface area contributed by atoms with Crippen LogP contribution in [-0.4, -0.2) is 41.8 Å². The minimum atomic E-state index is -0.125. The number of rotatable bonds is 7. The first-order valence-corrected chi connectivity index (χ1v) is 9.65. The van der Waals surface area contributed by atoms with Crippen molar-refractivity contribution in [2.24, 2.45) is 5.92 Å². The van der Waals surface area contributed by atoms with E-state index in [1.165, 1.54) is 5.56 Å². The van der Waals surface area contributed by atoms with Gasteiger partial charge in [0.1, 0.15) is 11.5 Å². The highest BCUT2D eigenvalue weighted by molar-refractivity contribution is 5.83. The van der Waals surface area contributed by atoms with Gasteiger partial charge in [0.2, 0.25) is 11.8 Å². The maximum atomic E-state index is 12.8. The van der Waals surface area contributed by atoms with Gasteiger partial charge in [-0.3, -0.25) is 9.59 Å². The van der Waals surface area contributed by atoms with Crippen molar-refractivity contribution in [1.29, 1.82) is 0 Å². The molecule has 2 aromatic rings. The number of carbonyl (C=O) groups excluding carboxylic acids is 2. The molecule has 1 fully saturated rings. The van der Waals surface area contributed by atoms with Crippen LogP contribution in [0.4, 0.5) is 0 Å². The van der Waals surface area contributed by atoms with Gasteiger partial charge in [0.15, 0.2) is 0 Å². The fourth-order valence-corrected chi connectivity index (χ4v) is 3.64. The summed E-state index contributed by atoms with van der Waals surface area (Å²) in [4.78, 5) is 28.6. The molecule has 1 aromatic heterocycles. The quantitative estimate of drug-likeness (QED) is 0.752. The van der Waals surface area contributed by atoms with Gasteiger partial charge in [-0.2, -0.15) is 0 Å². The molecule has 0 aliphatic carbocycles. The first-order chi connectivity index (χ1) is 13.0. The van der Waals surface area contributed by atoms with Crippen molar-refractivity contribution in [3.8, 4) is 0 Å². The molecular weight excluding hydrogens is 340 g/mol. The Morgan fingerprint density at radius 3 is 2.70 bits per heavy atom. The lowest BCUT2D eigenvalue weighted by atomic mass is 9.95. The maximum Gasteiger partial charge on any atom is 0.227 e. The van der Waals surface area contributed by atoms with Crippen LogP contribution in [0.25, 0.3) is 0 Å². The Labute approximate surface area is 160 Å². The molecule has 1 aliphatic heterocycles. The van der Waals surface area contributed by atoms with Crippen LogP contribution in [0.3, 0.4) is 0 Å². The molecule has 1 saturated heterocycles. The number of benzene rings is 1. The Balaban J connectivity index is 1.50. The Kier molecular flexibility index (Phi) is 6.32. The molecule has 144 valence electrons. The molecule has 1 aromatic carbocycles. The van der Waals surface area contributed by atoms with Gasteiger partial charge >= 0.3 is 0 Å². The van der Waals surface area contributed by atoms with Gasteiger partial charge < -0.3 is 14.2 Å². The lowest BCUT2D eigenvalue weighted by Gasteiger charge is -2.33. The number of nitrogens with zero attached hydrogens (tertiary/aromatic N) is 2. The van der Waals surface area contributed by atoms with Gasteiger partial charge in [-0.05, 0) is 43.9 Å². The number of carbonyl (C=O) groups is 2. The molecule has 0 spiro atoms. The Bertz CT molecular complexity index is 769. The molecule has 5 heteroatoms. The summed E-state index contributed by atoms with van der Waals surface area (Å²) in [6, 6.07) is 14.1. The summed E-state index contributed by atoms with van der Waals surface area (Å²) < 4.78 is 5.57. The highest BCUT2D eigenvalue weighted by Crippen LogP contribution is 2.21. The number of hydrogen-bond acceptors (Lipinski definition) is 3. The summed E-state index contributed by atoms with van der Waals surface area (Å²) in [6.07, 6.45) is 2.95. The molecule has 3 rings (SSSR count). The molecule has 5 nitrogen and oxygen atoms in total. The van der Waals surface area contributed by atoms with Gasteiger partial charge in [0, 0.05) is 26.6 Å². The monoisotopic (exact) mass is 368 g/mol. The van der Waals surface area contributed by atoms with E-state index in [1.807, 2.05) is 42.2 Å². The van der Waals surface area contributed by atoms with E-state index in [-0.39, 0.29) is 17.7 Å². The van der Waals surface area contributed by atoms with E-state index in [1.54, 1.807) is 11.9 Å². The van der Waals surface area contributed by atoms with Crippen LogP contribution < -0.4 is 0 Å². The molecule has 0 saturated carbocycles. The molecule has 1 unspecified atom stereocenters. The van der Waals surface area contributed by atoms with Crippen LogP contribution >= 0.6 is 0 Å². The average Bonchev–Trinajstić information content (AvgIpc) is 3.08. The van der Waals surface area contributed by atoms with Crippen molar-refractivity contribution in [3.05, 3.63) is 59.5 Å². The van der Waals surface area contributed by atoms with Crippen molar-refractivity contribution in [2.75, 3.05) is 20.1 Å². The zero-order valence-corrected chi connectivity index (χ0v) is 16.2. The molecule has 2 amide bonds. The van der Waals surface area contributed by atoms with Crippen molar-refractivity contribution < 1.29 is 14.0 Å². The van der Waals surface area contributed by atoms with Gasteiger partial charge in [-0.25, -0.2) is 0 Å². The van der Waals surface area contributed by atoms with Crippen LogP contribution in [0.5, 0.6) is 0 Å². The highest BCUT2D eigenvalue weighted by atomic mass is 16.3. The molecule has 0 radical (unpaired) electrons. The SMILES string of the molecule is Cc1ccc(CN(C)C(=O)C2CCC(=O)N(CCCc3ccccc3)C2)o1. The zero-order valence-electron chi connectivity index (χ0n) is 16.2. The van der Waals surface area contributed by atoms with Crippen molar-refractivity contribution in [2.45, 2.75) is 39.2 Å². The highest BCUT2D eigenvalue weighted by Gasteiger charge is 2.31. The van der Waals surface area contributed by atoms with Gasteiger partial charge in [0.05, 0.1) is 12.5 Å². The molecule has 1 atom stereocenters. The van der Waals surface area contributed by atoms with E-state index in [0.29, 0.717) is 32.5 Å². The third-order valence-electron chi connectivity index (χ3n) is 5.15. The Hall–Kier alpha value is -2.56. The summed E-state index contributed by atoms with van der Waals surface area (Å²) in [5.74, 6) is 1.76. The van der Waals surface area contributed by atoms with Crippen LogP contribution in [0.15, 0.2) is 46.9 Å². The molecule has 2 heterocycles. The van der Waals surface area contributed by atoms with E-state index in [2.05, 4.69) is 12.1 Å².